The van der Waals surface area contributed by atoms with Crippen molar-refractivity contribution in [3.63, 3.8) is 0 Å². The molecule has 0 atom stereocenters. The molecule has 0 radical (unpaired) electrons. The molecule has 2 aromatic rings. The molecule has 0 fully saturated rings. The van der Waals surface area contributed by atoms with Crippen LogP contribution in [0.5, 0.6) is 0 Å². The van der Waals surface area contributed by atoms with E-state index in [1.165, 1.54) is 30.6 Å². The van der Waals surface area contributed by atoms with Gasteiger partial charge in [0.05, 0.1) is 43.6 Å². The van der Waals surface area contributed by atoms with Gasteiger partial charge in [-0.2, -0.15) is 0 Å². The quantitative estimate of drug-likeness (QED) is 0.519. The smallest absolute Gasteiger partial charge is 0.410 e. The van der Waals surface area contributed by atoms with Crippen molar-refractivity contribution in [1.29, 1.82) is 0 Å². The third-order valence-corrected chi connectivity index (χ3v) is 6.00. The lowest BCUT2D eigenvalue weighted by atomic mass is 10.0. The summed E-state index contributed by atoms with van der Waals surface area (Å²) in [6.45, 7) is 4.52. The van der Waals surface area contributed by atoms with Crippen molar-refractivity contribution < 1.29 is 33.4 Å². The number of benzene rings is 1. The standard InChI is InChI=1S/C22H24N2O7S/c1-4-30-21(27)17-15-10-11-24(22(28)31-5-2)12-16(15)32-19(17)23-18(25)13-8-6-7-9-14(13)20(26)29-3/h6-9H,4-5,10-12H2,1-3H3,(H,23,25). The van der Waals surface area contributed by atoms with Crippen LogP contribution in [0.15, 0.2) is 24.3 Å². The van der Waals surface area contributed by atoms with Gasteiger partial charge in [-0.3, -0.25) is 4.79 Å². The van der Waals surface area contributed by atoms with Crippen LogP contribution < -0.4 is 5.32 Å². The summed E-state index contributed by atoms with van der Waals surface area (Å²) >= 11 is 1.20. The van der Waals surface area contributed by atoms with Crippen LogP contribution in [-0.2, 0) is 27.2 Å². The Bertz CT molecular complexity index is 1050. The first-order valence-electron chi connectivity index (χ1n) is 10.1. The third kappa shape index (κ3) is 4.75. The molecular weight excluding hydrogens is 436 g/mol. The Kier molecular flexibility index (Phi) is 7.47. The van der Waals surface area contributed by atoms with Gasteiger partial charge in [-0.25, -0.2) is 14.4 Å². The van der Waals surface area contributed by atoms with Crippen LogP contribution in [0.1, 0.15) is 55.4 Å². The van der Waals surface area contributed by atoms with Gasteiger partial charge in [0, 0.05) is 11.4 Å². The van der Waals surface area contributed by atoms with Gasteiger partial charge in [0.2, 0.25) is 0 Å². The van der Waals surface area contributed by atoms with Crippen LogP contribution in [0.3, 0.4) is 0 Å². The van der Waals surface area contributed by atoms with Gasteiger partial charge in [0.15, 0.2) is 0 Å². The van der Waals surface area contributed by atoms with Crippen LogP contribution >= 0.6 is 11.3 Å². The number of nitrogens with zero attached hydrogens (tertiary/aromatic N) is 1. The van der Waals surface area contributed by atoms with Crippen LogP contribution in [-0.4, -0.2) is 55.7 Å². The Labute approximate surface area is 189 Å². The third-order valence-electron chi connectivity index (χ3n) is 4.87. The number of thiophene rings is 1. The summed E-state index contributed by atoms with van der Waals surface area (Å²) in [6, 6.07) is 6.25. The largest absolute Gasteiger partial charge is 0.465 e. The summed E-state index contributed by atoms with van der Waals surface area (Å²) in [5, 5.41) is 3.06. The lowest BCUT2D eigenvalue weighted by Gasteiger charge is -2.26. The predicted octanol–water partition coefficient (Wildman–Crippen LogP) is 3.48. The fourth-order valence-electron chi connectivity index (χ4n) is 3.42. The Hall–Kier alpha value is -3.40. The van der Waals surface area contributed by atoms with Crippen molar-refractivity contribution in [2.45, 2.75) is 26.8 Å². The van der Waals surface area contributed by atoms with E-state index in [1.54, 1.807) is 30.9 Å². The van der Waals surface area contributed by atoms with Gasteiger partial charge in [0.1, 0.15) is 5.00 Å². The number of rotatable bonds is 6. The maximum atomic E-state index is 13.0. The molecule has 0 bridgehead atoms. The van der Waals surface area contributed by atoms with Crippen molar-refractivity contribution in [2.24, 2.45) is 0 Å². The molecule has 0 unspecified atom stereocenters. The number of hydrogen-bond acceptors (Lipinski definition) is 8. The Balaban J connectivity index is 1.95. The highest BCUT2D eigenvalue weighted by Gasteiger charge is 2.32. The molecule has 0 spiro atoms. The van der Waals surface area contributed by atoms with Crippen molar-refractivity contribution in [1.82, 2.24) is 4.90 Å². The molecule has 1 aromatic heterocycles. The molecule has 1 aliphatic rings. The molecule has 0 saturated heterocycles. The van der Waals surface area contributed by atoms with E-state index in [0.717, 1.165) is 10.4 Å². The van der Waals surface area contributed by atoms with Gasteiger partial charge in [-0.1, -0.05) is 12.1 Å². The van der Waals surface area contributed by atoms with E-state index in [0.29, 0.717) is 18.0 Å². The van der Waals surface area contributed by atoms with Crippen molar-refractivity contribution >= 4 is 40.3 Å². The van der Waals surface area contributed by atoms with Crippen LogP contribution in [0.25, 0.3) is 0 Å². The molecule has 1 aromatic carbocycles. The number of carbonyl (C=O) groups excluding carboxylic acids is 4. The second kappa shape index (κ2) is 10.3. The second-order valence-electron chi connectivity index (χ2n) is 6.79. The molecule has 32 heavy (non-hydrogen) atoms. The van der Waals surface area contributed by atoms with Gasteiger partial charge < -0.3 is 24.4 Å². The first-order valence-corrected chi connectivity index (χ1v) is 10.9. The van der Waals surface area contributed by atoms with Gasteiger partial charge in [0.25, 0.3) is 5.91 Å². The number of ether oxygens (including phenoxy) is 3. The number of fused-ring (bicyclic) bond motifs is 1. The maximum Gasteiger partial charge on any atom is 0.410 e. The van der Waals surface area contributed by atoms with E-state index >= 15 is 0 Å². The van der Waals surface area contributed by atoms with E-state index in [-0.39, 0.29) is 36.4 Å². The SMILES string of the molecule is CCOC(=O)c1c(NC(=O)c2ccccc2C(=O)OC)sc2c1CCN(C(=O)OCC)C2. The summed E-state index contributed by atoms with van der Waals surface area (Å²) in [6.07, 6.45) is -0.00484. The van der Waals surface area contributed by atoms with Crippen molar-refractivity contribution in [3.05, 3.63) is 51.4 Å². The maximum absolute atomic E-state index is 13.0. The van der Waals surface area contributed by atoms with Gasteiger partial charge in [-0.05, 0) is 38.0 Å². The summed E-state index contributed by atoms with van der Waals surface area (Å²) in [5.74, 6) is -1.75. The molecule has 1 aliphatic heterocycles. The van der Waals surface area contributed by atoms with Crippen LogP contribution in [0.4, 0.5) is 9.80 Å². The zero-order valence-corrected chi connectivity index (χ0v) is 18.9. The molecule has 2 amide bonds. The molecule has 0 aliphatic carbocycles. The van der Waals surface area contributed by atoms with Crippen molar-refractivity contribution in [3.8, 4) is 0 Å². The fourth-order valence-corrected chi connectivity index (χ4v) is 4.67. The Morgan fingerprint density at radius 2 is 1.72 bits per heavy atom. The predicted molar refractivity (Wildman–Crippen MR) is 117 cm³/mol. The monoisotopic (exact) mass is 460 g/mol. The Morgan fingerprint density at radius 1 is 1.03 bits per heavy atom. The van der Waals surface area contributed by atoms with E-state index in [4.69, 9.17) is 14.2 Å². The minimum Gasteiger partial charge on any atom is -0.465 e. The van der Waals surface area contributed by atoms with E-state index in [9.17, 15) is 19.2 Å². The molecule has 1 N–H and O–H groups in total. The Morgan fingerprint density at radius 3 is 2.38 bits per heavy atom. The summed E-state index contributed by atoms with van der Waals surface area (Å²) in [4.78, 5) is 52.2. The summed E-state index contributed by atoms with van der Waals surface area (Å²) in [5.41, 5.74) is 1.25. The minimum atomic E-state index is -0.642. The lowest BCUT2D eigenvalue weighted by molar-refractivity contribution is 0.0525. The highest BCUT2D eigenvalue weighted by Crippen LogP contribution is 2.38. The normalized spacial score (nSPS) is 12.5. The highest BCUT2D eigenvalue weighted by molar-refractivity contribution is 7.17. The number of anilines is 1. The van der Waals surface area contributed by atoms with E-state index in [1.807, 2.05) is 0 Å². The molecule has 3 rings (SSSR count). The van der Waals surface area contributed by atoms with Crippen LogP contribution in [0.2, 0.25) is 0 Å². The number of amides is 2. The summed E-state index contributed by atoms with van der Waals surface area (Å²) in [7, 11) is 1.23. The number of hydrogen-bond donors (Lipinski definition) is 1. The van der Waals surface area contributed by atoms with Gasteiger partial charge >= 0.3 is 18.0 Å². The molecule has 170 valence electrons. The van der Waals surface area contributed by atoms with E-state index in [2.05, 4.69) is 5.32 Å². The average Bonchev–Trinajstić information content (AvgIpc) is 3.15. The average molecular weight is 461 g/mol. The van der Waals surface area contributed by atoms with E-state index < -0.39 is 23.9 Å². The van der Waals surface area contributed by atoms with Crippen molar-refractivity contribution in [2.75, 3.05) is 32.2 Å². The highest BCUT2D eigenvalue weighted by atomic mass is 32.1. The summed E-state index contributed by atoms with van der Waals surface area (Å²) < 4.78 is 15.0. The molecule has 0 saturated carbocycles. The number of methoxy groups -OCH3 is 1. The second-order valence-corrected chi connectivity index (χ2v) is 7.90. The number of nitrogens with one attached hydrogen (secondary N) is 1. The lowest BCUT2D eigenvalue weighted by Crippen LogP contribution is -2.36. The first kappa shape index (κ1) is 23.3. The topological polar surface area (TPSA) is 111 Å². The molecule has 2 heterocycles. The minimum absolute atomic E-state index is 0.111. The van der Waals surface area contributed by atoms with Crippen LogP contribution in [0, 0.1) is 0 Å². The number of esters is 2. The molecule has 9 nitrogen and oxygen atoms in total. The fraction of sp³-hybridized carbons (Fsp3) is 0.364. The number of carbonyl (C=O) groups is 4. The molecule has 10 heteroatoms. The zero-order chi connectivity index (χ0) is 23.3. The zero-order valence-electron chi connectivity index (χ0n) is 18.1. The molecular formula is C22H24N2O7S. The first-order chi connectivity index (χ1) is 15.4. The van der Waals surface area contributed by atoms with Gasteiger partial charge in [-0.15, -0.1) is 11.3 Å².